The Bertz CT molecular complexity index is 1650. The Morgan fingerprint density at radius 2 is 1.79 bits per heavy atom. The summed E-state index contributed by atoms with van der Waals surface area (Å²) in [7, 11) is 2.73. The second kappa shape index (κ2) is 8.88. The largest absolute Gasteiger partial charge is 0.416 e. The normalized spacial score (nSPS) is 14.2. The number of aryl methyl sites for hydroxylation is 1. The van der Waals surface area contributed by atoms with Crippen molar-refractivity contribution in [3.63, 3.8) is 0 Å². The average molecular weight is 546 g/mol. The minimum absolute atomic E-state index is 0.0765. The molecule has 0 aliphatic heterocycles. The molecule has 0 radical (unpaired) electrons. The van der Waals surface area contributed by atoms with Crippen LogP contribution in [0.5, 0.6) is 0 Å². The first-order valence-corrected chi connectivity index (χ1v) is 11.7. The summed E-state index contributed by atoms with van der Waals surface area (Å²) < 4.78 is 55.6. The zero-order valence-electron chi connectivity index (χ0n) is 20.6. The predicted molar refractivity (Wildman–Crippen MR) is 130 cm³/mol. The van der Waals surface area contributed by atoms with Crippen LogP contribution in [0, 0.1) is 11.7 Å². The highest BCUT2D eigenvalue weighted by Gasteiger charge is 2.47. The fourth-order valence-corrected chi connectivity index (χ4v) is 4.47. The minimum atomic E-state index is -4.90. The van der Waals surface area contributed by atoms with Crippen LogP contribution in [0.1, 0.15) is 34.3 Å². The highest BCUT2D eigenvalue weighted by atomic mass is 19.4. The number of alkyl halides is 3. The Morgan fingerprint density at radius 1 is 1.10 bits per heavy atom. The van der Waals surface area contributed by atoms with E-state index in [0.717, 1.165) is 7.05 Å². The molecule has 1 aliphatic rings. The second-order valence-electron chi connectivity index (χ2n) is 9.34. The van der Waals surface area contributed by atoms with Gasteiger partial charge >= 0.3 is 6.18 Å². The Labute approximate surface area is 217 Å². The Morgan fingerprint density at radius 3 is 2.41 bits per heavy atom. The zero-order chi connectivity index (χ0) is 28.4. The van der Waals surface area contributed by atoms with E-state index in [1.54, 1.807) is 7.05 Å². The zero-order valence-corrected chi connectivity index (χ0v) is 20.6. The lowest BCUT2D eigenvalue weighted by Gasteiger charge is -2.40. The number of carbonyl (C=O) groups excluding carboxylic acids is 2. The van der Waals surface area contributed by atoms with Crippen LogP contribution in [0.15, 0.2) is 42.6 Å². The molecule has 14 heteroatoms. The molecular weight excluding hydrogens is 524 g/mol. The lowest BCUT2D eigenvalue weighted by atomic mass is 10.0. The van der Waals surface area contributed by atoms with Crippen molar-refractivity contribution in [1.29, 1.82) is 0 Å². The highest BCUT2D eigenvalue weighted by molar-refractivity contribution is 6.10. The van der Waals surface area contributed by atoms with Crippen LogP contribution in [-0.4, -0.2) is 53.9 Å². The summed E-state index contributed by atoms with van der Waals surface area (Å²) in [6.07, 6.45) is -2.43. The number of anilines is 1. The first kappa shape index (κ1) is 26.3. The second-order valence-corrected chi connectivity index (χ2v) is 9.34. The van der Waals surface area contributed by atoms with Gasteiger partial charge in [0.05, 0.1) is 33.7 Å². The molecule has 0 atom stereocenters. The van der Waals surface area contributed by atoms with Gasteiger partial charge in [0.15, 0.2) is 0 Å². The van der Waals surface area contributed by atoms with Crippen molar-refractivity contribution < 1.29 is 37.4 Å². The van der Waals surface area contributed by atoms with Crippen molar-refractivity contribution in [2.75, 3.05) is 12.8 Å². The lowest BCUT2D eigenvalue weighted by Crippen LogP contribution is -2.59. The van der Waals surface area contributed by atoms with Crippen molar-refractivity contribution in [2.24, 2.45) is 13.0 Å². The van der Waals surface area contributed by atoms with Crippen molar-refractivity contribution in [1.82, 2.24) is 24.8 Å². The molecule has 0 spiro atoms. The van der Waals surface area contributed by atoms with Gasteiger partial charge in [-0.3, -0.25) is 14.3 Å². The minimum Gasteiger partial charge on any atom is -0.383 e. The van der Waals surface area contributed by atoms with Gasteiger partial charge in [0.25, 0.3) is 11.8 Å². The maximum Gasteiger partial charge on any atom is 0.416 e. The fourth-order valence-electron chi connectivity index (χ4n) is 4.47. The maximum absolute atomic E-state index is 14.9. The molecule has 4 aromatic rings. The molecule has 2 heterocycles. The van der Waals surface area contributed by atoms with Gasteiger partial charge in [0.1, 0.15) is 11.6 Å². The Kier molecular flexibility index (Phi) is 5.99. The van der Waals surface area contributed by atoms with Crippen LogP contribution >= 0.6 is 0 Å². The number of nitrogen functional groups attached to an aromatic ring is 1. The van der Waals surface area contributed by atoms with Crippen LogP contribution in [0.3, 0.4) is 0 Å². The van der Waals surface area contributed by atoms with E-state index in [-0.39, 0.29) is 22.5 Å². The number of aromatic nitrogens is 3. The number of nitrogens with two attached hydrogens (primary N) is 1. The number of hydrazine groups is 1. The quantitative estimate of drug-likeness (QED) is 0.203. The Balaban J connectivity index is 1.65. The van der Waals surface area contributed by atoms with Crippen molar-refractivity contribution in [2.45, 2.75) is 24.9 Å². The standard InChI is InChI=1S/C25H22F4N6O4/c1-33-20-15-9-13(5-8-19(15)32-21(30)16(20)11-31-33)23(37)35(34(2)22(36)12-3-4-12)25(38,39)17-7-6-14(10-18(17)26)24(27,28)29/h5-12,38-39H,3-4H2,1-2H3,(H2,30,32). The summed E-state index contributed by atoms with van der Waals surface area (Å²) in [6.45, 7) is 0. The molecule has 0 unspecified atom stereocenters. The topological polar surface area (TPSA) is 138 Å². The Hall–Kier alpha value is -4.30. The molecule has 1 saturated carbocycles. The van der Waals surface area contributed by atoms with Crippen LogP contribution < -0.4 is 5.73 Å². The van der Waals surface area contributed by atoms with Crippen molar-refractivity contribution in [3.05, 3.63) is 65.1 Å². The SMILES string of the molecule is CN(C(=O)C1CC1)N(C(=O)c1ccc2nc(N)c3cnn(C)c3c2c1)C(O)(O)c1ccc(C(F)(F)F)cc1F. The number of amides is 2. The maximum atomic E-state index is 14.9. The molecule has 2 aromatic carbocycles. The average Bonchev–Trinajstić information content (AvgIpc) is 3.64. The third kappa shape index (κ3) is 4.40. The summed E-state index contributed by atoms with van der Waals surface area (Å²) in [6, 6.07) is 5.13. The van der Waals surface area contributed by atoms with E-state index in [1.807, 2.05) is 0 Å². The summed E-state index contributed by atoms with van der Waals surface area (Å²) in [5.74, 6) is -7.31. The number of rotatable bonds is 4. The number of pyridine rings is 1. The van der Waals surface area contributed by atoms with E-state index in [4.69, 9.17) is 5.73 Å². The van der Waals surface area contributed by atoms with Gasteiger partial charge in [0.2, 0.25) is 5.91 Å². The van der Waals surface area contributed by atoms with E-state index < -0.39 is 46.8 Å². The van der Waals surface area contributed by atoms with Crippen molar-refractivity contribution in [3.8, 4) is 0 Å². The van der Waals surface area contributed by atoms with Crippen molar-refractivity contribution >= 4 is 39.4 Å². The number of aliphatic hydroxyl groups is 2. The third-order valence-electron chi connectivity index (χ3n) is 6.65. The predicted octanol–water partition coefficient (Wildman–Crippen LogP) is 2.88. The molecule has 204 valence electrons. The van der Waals surface area contributed by atoms with Gasteiger partial charge in [-0.1, -0.05) is 0 Å². The first-order valence-electron chi connectivity index (χ1n) is 11.7. The molecule has 10 nitrogen and oxygen atoms in total. The molecule has 2 amide bonds. The summed E-state index contributed by atoms with van der Waals surface area (Å²) >= 11 is 0. The van der Waals surface area contributed by atoms with Gasteiger partial charge < -0.3 is 15.9 Å². The summed E-state index contributed by atoms with van der Waals surface area (Å²) in [5, 5.41) is 28.1. The molecular formula is C25H22F4N6O4. The number of carbonyl (C=O) groups is 2. The number of benzene rings is 2. The molecule has 0 saturated heterocycles. The van der Waals surface area contributed by atoms with Gasteiger partial charge in [-0.25, -0.2) is 14.4 Å². The van der Waals surface area contributed by atoms with Crippen LogP contribution in [0.25, 0.3) is 21.8 Å². The number of hydrogen-bond donors (Lipinski definition) is 3. The highest BCUT2D eigenvalue weighted by Crippen LogP contribution is 2.37. The van der Waals surface area contributed by atoms with Gasteiger partial charge in [-0.05, 0) is 49.2 Å². The first-order chi connectivity index (χ1) is 18.2. The van der Waals surface area contributed by atoms with E-state index in [1.165, 1.54) is 29.1 Å². The lowest BCUT2D eigenvalue weighted by molar-refractivity contribution is -0.303. The third-order valence-corrected chi connectivity index (χ3v) is 6.65. The number of fused-ring (bicyclic) bond motifs is 3. The molecule has 0 bridgehead atoms. The van der Waals surface area contributed by atoms with Crippen LogP contribution in [0.4, 0.5) is 23.4 Å². The molecule has 2 aromatic heterocycles. The molecule has 1 aliphatic carbocycles. The molecule has 1 fully saturated rings. The summed E-state index contributed by atoms with van der Waals surface area (Å²) in [5.41, 5.74) is 4.32. The van der Waals surface area contributed by atoms with Crippen LogP contribution in [0.2, 0.25) is 0 Å². The molecule has 5 rings (SSSR count). The van der Waals surface area contributed by atoms with Gasteiger partial charge in [-0.2, -0.15) is 23.3 Å². The summed E-state index contributed by atoms with van der Waals surface area (Å²) in [4.78, 5) is 31.0. The number of nitrogens with zero attached hydrogens (tertiary/aromatic N) is 5. The monoisotopic (exact) mass is 546 g/mol. The number of halogens is 4. The smallest absolute Gasteiger partial charge is 0.383 e. The van der Waals surface area contributed by atoms with Crippen LogP contribution in [-0.2, 0) is 23.9 Å². The van der Waals surface area contributed by atoms with Gasteiger partial charge in [-0.15, -0.1) is 0 Å². The fraction of sp³-hybridized carbons (Fsp3) is 0.280. The van der Waals surface area contributed by atoms with E-state index in [2.05, 4.69) is 10.1 Å². The molecule has 39 heavy (non-hydrogen) atoms. The van der Waals surface area contributed by atoms with E-state index >= 15 is 0 Å². The molecule has 4 N–H and O–H groups in total. The number of hydrogen-bond acceptors (Lipinski definition) is 7. The van der Waals surface area contributed by atoms with E-state index in [9.17, 15) is 37.4 Å². The van der Waals surface area contributed by atoms with E-state index in [0.29, 0.717) is 51.8 Å². The van der Waals surface area contributed by atoms with Gasteiger partial charge in [0, 0.05) is 31.0 Å².